The molecule has 0 atom stereocenters. The molecule has 0 bridgehead atoms. The van der Waals surface area contributed by atoms with E-state index in [1.165, 1.54) is 6.20 Å². The number of pyridine rings is 1. The van der Waals surface area contributed by atoms with Crippen molar-refractivity contribution in [3.8, 4) is 5.75 Å². The van der Waals surface area contributed by atoms with E-state index in [-0.39, 0.29) is 5.75 Å². The smallest absolute Gasteiger partial charge is 0.449 e. The Labute approximate surface area is 153 Å². The molecule has 1 heterocycles. The molecule has 0 saturated heterocycles. The van der Waals surface area contributed by atoms with Crippen LogP contribution in [0.3, 0.4) is 0 Å². The molecule has 0 amide bonds. The second-order valence-corrected chi connectivity index (χ2v) is 6.33. The van der Waals surface area contributed by atoms with Crippen molar-refractivity contribution in [1.82, 2.24) is 4.57 Å². The number of aromatic nitrogens is 1. The standard InChI is InChI=1S/C18H13Cl2NO4/c1-21-9-15(25-18(23)24)17(22)12-8-10(5-6-14(12)21)7-11-3-2-4-13(19)16(11)20/h2-6,8-9H,7H2,1H3,(H,23,24). The van der Waals surface area contributed by atoms with E-state index in [4.69, 9.17) is 28.3 Å². The van der Waals surface area contributed by atoms with E-state index in [9.17, 15) is 9.59 Å². The van der Waals surface area contributed by atoms with Gasteiger partial charge in [0.25, 0.3) is 0 Å². The molecular weight excluding hydrogens is 365 g/mol. The summed E-state index contributed by atoms with van der Waals surface area (Å²) in [6.07, 6.45) is 0.313. The summed E-state index contributed by atoms with van der Waals surface area (Å²) >= 11 is 12.3. The summed E-state index contributed by atoms with van der Waals surface area (Å²) in [5.74, 6) is -0.236. The molecule has 0 aliphatic heterocycles. The molecule has 0 spiro atoms. The number of ether oxygens (including phenoxy) is 1. The Hall–Kier alpha value is -2.50. The molecule has 0 fully saturated rings. The minimum absolute atomic E-state index is 0.236. The molecule has 0 aliphatic rings. The maximum absolute atomic E-state index is 12.5. The quantitative estimate of drug-likeness (QED) is 0.682. The number of halogens is 2. The van der Waals surface area contributed by atoms with Crippen LogP contribution in [0.5, 0.6) is 5.75 Å². The third-order valence-electron chi connectivity index (χ3n) is 3.84. The minimum atomic E-state index is -1.53. The van der Waals surface area contributed by atoms with Gasteiger partial charge in [0.1, 0.15) is 0 Å². The van der Waals surface area contributed by atoms with Gasteiger partial charge in [-0.15, -0.1) is 0 Å². The van der Waals surface area contributed by atoms with Gasteiger partial charge in [-0.2, -0.15) is 0 Å². The second-order valence-electron chi connectivity index (χ2n) is 5.54. The van der Waals surface area contributed by atoms with Crippen molar-refractivity contribution in [3.05, 3.63) is 74.0 Å². The summed E-state index contributed by atoms with van der Waals surface area (Å²) < 4.78 is 6.22. The van der Waals surface area contributed by atoms with Crippen molar-refractivity contribution in [2.75, 3.05) is 0 Å². The van der Waals surface area contributed by atoms with Crippen LogP contribution in [0.4, 0.5) is 4.79 Å². The van der Waals surface area contributed by atoms with Crippen LogP contribution < -0.4 is 10.2 Å². The Morgan fingerprint density at radius 3 is 2.72 bits per heavy atom. The van der Waals surface area contributed by atoms with E-state index in [0.717, 1.165) is 11.1 Å². The number of fused-ring (bicyclic) bond motifs is 1. The second kappa shape index (κ2) is 6.78. The number of hydrogen-bond donors (Lipinski definition) is 1. The number of rotatable bonds is 3. The Bertz CT molecular complexity index is 1040. The van der Waals surface area contributed by atoms with Crippen LogP contribution in [0.2, 0.25) is 10.0 Å². The number of carbonyl (C=O) groups is 1. The predicted octanol–water partition coefficient (Wildman–Crippen LogP) is 4.49. The van der Waals surface area contributed by atoms with Gasteiger partial charge in [0.05, 0.1) is 21.8 Å². The first-order valence-corrected chi connectivity index (χ1v) is 8.08. The Kier molecular flexibility index (Phi) is 4.70. The molecule has 25 heavy (non-hydrogen) atoms. The van der Waals surface area contributed by atoms with E-state index in [2.05, 4.69) is 4.74 Å². The monoisotopic (exact) mass is 377 g/mol. The number of hydrogen-bond acceptors (Lipinski definition) is 3. The lowest BCUT2D eigenvalue weighted by Gasteiger charge is -2.10. The molecular formula is C18H13Cl2NO4. The fourth-order valence-electron chi connectivity index (χ4n) is 2.69. The van der Waals surface area contributed by atoms with Gasteiger partial charge in [-0.3, -0.25) is 4.79 Å². The van der Waals surface area contributed by atoms with Gasteiger partial charge in [-0.25, -0.2) is 4.79 Å². The maximum atomic E-state index is 12.5. The SMILES string of the molecule is Cn1cc(OC(=O)O)c(=O)c2cc(Cc3cccc(Cl)c3Cl)ccc21. The molecule has 7 heteroatoms. The molecule has 5 nitrogen and oxygen atoms in total. The van der Waals surface area contributed by atoms with Crippen molar-refractivity contribution in [3.63, 3.8) is 0 Å². The highest BCUT2D eigenvalue weighted by Crippen LogP contribution is 2.28. The van der Waals surface area contributed by atoms with E-state index < -0.39 is 11.6 Å². The van der Waals surface area contributed by atoms with Crippen LogP contribution in [0.25, 0.3) is 10.9 Å². The normalized spacial score (nSPS) is 10.8. The lowest BCUT2D eigenvalue weighted by molar-refractivity contribution is 0.144. The molecule has 0 unspecified atom stereocenters. The molecule has 0 saturated carbocycles. The lowest BCUT2D eigenvalue weighted by atomic mass is 10.0. The summed E-state index contributed by atoms with van der Waals surface area (Å²) in [7, 11) is 1.71. The van der Waals surface area contributed by atoms with Crippen molar-refractivity contribution in [1.29, 1.82) is 0 Å². The predicted molar refractivity (Wildman–Crippen MR) is 97.1 cm³/mol. The molecule has 128 valence electrons. The minimum Gasteiger partial charge on any atom is -0.449 e. The highest BCUT2D eigenvalue weighted by atomic mass is 35.5. The van der Waals surface area contributed by atoms with Gasteiger partial charge in [0.15, 0.2) is 5.75 Å². The fraction of sp³-hybridized carbons (Fsp3) is 0.111. The zero-order valence-corrected chi connectivity index (χ0v) is 14.6. The van der Waals surface area contributed by atoms with E-state index in [1.54, 1.807) is 29.8 Å². The third kappa shape index (κ3) is 3.48. The molecule has 3 rings (SSSR count). The Balaban J connectivity index is 2.09. The highest BCUT2D eigenvalue weighted by Gasteiger charge is 2.13. The van der Waals surface area contributed by atoms with Gasteiger partial charge >= 0.3 is 6.16 Å². The molecule has 1 aromatic heterocycles. The summed E-state index contributed by atoms with van der Waals surface area (Å²) in [6.45, 7) is 0. The summed E-state index contributed by atoms with van der Waals surface area (Å²) in [4.78, 5) is 23.2. The summed E-state index contributed by atoms with van der Waals surface area (Å²) in [5.41, 5.74) is 1.88. The van der Waals surface area contributed by atoms with Crippen molar-refractivity contribution in [2.24, 2.45) is 7.05 Å². The zero-order valence-electron chi connectivity index (χ0n) is 13.1. The topological polar surface area (TPSA) is 68.5 Å². The van der Waals surface area contributed by atoms with Gasteiger partial charge in [0.2, 0.25) is 5.43 Å². The molecule has 0 aliphatic carbocycles. The maximum Gasteiger partial charge on any atom is 0.511 e. The first-order valence-electron chi connectivity index (χ1n) is 7.32. The number of benzene rings is 2. The Morgan fingerprint density at radius 2 is 2.00 bits per heavy atom. The zero-order chi connectivity index (χ0) is 18.1. The first-order chi connectivity index (χ1) is 11.9. The van der Waals surface area contributed by atoms with E-state index in [1.807, 2.05) is 18.2 Å². The number of nitrogens with zero attached hydrogens (tertiary/aromatic N) is 1. The largest absolute Gasteiger partial charge is 0.511 e. The van der Waals surface area contributed by atoms with Crippen LogP contribution in [0.15, 0.2) is 47.4 Å². The molecule has 3 aromatic rings. The van der Waals surface area contributed by atoms with Crippen LogP contribution in [-0.2, 0) is 13.5 Å². The van der Waals surface area contributed by atoms with Crippen LogP contribution >= 0.6 is 23.2 Å². The highest BCUT2D eigenvalue weighted by molar-refractivity contribution is 6.42. The van der Waals surface area contributed by atoms with Gasteiger partial charge < -0.3 is 14.4 Å². The first kappa shape index (κ1) is 17.3. The van der Waals surface area contributed by atoms with Gasteiger partial charge in [-0.05, 0) is 35.7 Å². The average Bonchev–Trinajstić information content (AvgIpc) is 2.56. The van der Waals surface area contributed by atoms with Gasteiger partial charge in [-0.1, -0.05) is 41.4 Å². The van der Waals surface area contributed by atoms with Crippen LogP contribution in [0.1, 0.15) is 11.1 Å². The third-order valence-corrected chi connectivity index (χ3v) is 4.70. The number of aryl methyl sites for hydroxylation is 1. The van der Waals surface area contributed by atoms with E-state index >= 15 is 0 Å². The molecule has 1 N–H and O–H groups in total. The lowest BCUT2D eigenvalue weighted by Crippen LogP contribution is -2.15. The average molecular weight is 378 g/mol. The fourth-order valence-corrected chi connectivity index (χ4v) is 3.08. The molecule has 0 radical (unpaired) electrons. The summed E-state index contributed by atoms with van der Waals surface area (Å²) in [6, 6.07) is 10.8. The van der Waals surface area contributed by atoms with Crippen LogP contribution in [0, 0.1) is 0 Å². The Morgan fingerprint density at radius 1 is 1.24 bits per heavy atom. The van der Waals surface area contributed by atoms with Crippen molar-refractivity contribution in [2.45, 2.75) is 6.42 Å². The van der Waals surface area contributed by atoms with Crippen molar-refractivity contribution < 1.29 is 14.6 Å². The number of carboxylic acid groups (broad SMARTS) is 1. The van der Waals surface area contributed by atoms with Crippen LogP contribution in [-0.4, -0.2) is 15.8 Å². The van der Waals surface area contributed by atoms with Gasteiger partial charge in [0, 0.05) is 12.4 Å². The summed E-state index contributed by atoms with van der Waals surface area (Å²) in [5, 5.41) is 10.1. The van der Waals surface area contributed by atoms with E-state index in [0.29, 0.717) is 27.4 Å². The van der Waals surface area contributed by atoms with Crippen molar-refractivity contribution >= 4 is 40.3 Å². The molecule has 2 aromatic carbocycles.